The van der Waals surface area contributed by atoms with Crippen molar-refractivity contribution in [3.63, 3.8) is 0 Å². The molecule has 1 aromatic carbocycles. The van der Waals surface area contributed by atoms with Gasteiger partial charge in [-0.15, -0.1) is 0 Å². The fourth-order valence-corrected chi connectivity index (χ4v) is 3.35. The first kappa shape index (κ1) is 25.2. The zero-order valence-corrected chi connectivity index (χ0v) is 19.5. The molecule has 0 unspecified atom stereocenters. The van der Waals surface area contributed by atoms with E-state index in [4.69, 9.17) is 4.74 Å². The number of hydrogen-bond acceptors (Lipinski definition) is 6. The Morgan fingerprint density at radius 2 is 1.75 bits per heavy atom. The summed E-state index contributed by atoms with van der Waals surface area (Å²) in [5.41, 5.74) is 0.395. The molecule has 2 atom stereocenters. The van der Waals surface area contributed by atoms with E-state index < -0.39 is 29.4 Å². The molecule has 0 aliphatic carbocycles. The van der Waals surface area contributed by atoms with Gasteiger partial charge in [0.05, 0.1) is 18.2 Å². The number of ketones is 1. The number of nitrogens with zero attached hydrogens (tertiary/aromatic N) is 2. The van der Waals surface area contributed by atoms with Crippen molar-refractivity contribution in [3.05, 3.63) is 60.2 Å². The van der Waals surface area contributed by atoms with Crippen LogP contribution in [-0.4, -0.2) is 39.3 Å². The second-order valence-corrected chi connectivity index (χ2v) is 9.34. The third-order valence-electron chi connectivity index (χ3n) is 4.72. The van der Waals surface area contributed by atoms with Crippen molar-refractivity contribution in [1.82, 2.24) is 15.3 Å². The Balaban J connectivity index is 2.22. The number of amides is 1. The van der Waals surface area contributed by atoms with Gasteiger partial charge < -0.3 is 10.1 Å². The van der Waals surface area contributed by atoms with Crippen molar-refractivity contribution < 1.29 is 19.1 Å². The van der Waals surface area contributed by atoms with Gasteiger partial charge in [-0.2, -0.15) is 0 Å². The van der Waals surface area contributed by atoms with E-state index >= 15 is 0 Å². The van der Waals surface area contributed by atoms with Gasteiger partial charge in [-0.05, 0) is 45.1 Å². The molecule has 0 saturated heterocycles. The molecule has 172 valence electrons. The minimum Gasteiger partial charge on any atom is -0.460 e. The van der Waals surface area contributed by atoms with Crippen LogP contribution >= 0.6 is 0 Å². The third kappa shape index (κ3) is 8.57. The molecule has 7 nitrogen and oxygen atoms in total. The molecule has 1 aromatic heterocycles. The molecule has 0 aliphatic rings. The molecule has 32 heavy (non-hydrogen) atoms. The Hall–Kier alpha value is -3.09. The predicted octanol–water partition coefficient (Wildman–Crippen LogP) is 3.78. The van der Waals surface area contributed by atoms with Crippen molar-refractivity contribution in [2.45, 2.75) is 65.5 Å². The van der Waals surface area contributed by atoms with Crippen LogP contribution in [0.15, 0.2) is 48.9 Å². The molecule has 0 radical (unpaired) electrons. The fourth-order valence-electron chi connectivity index (χ4n) is 3.35. The first-order valence-electron chi connectivity index (χ1n) is 10.9. The lowest BCUT2D eigenvalue weighted by Crippen LogP contribution is -2.44. The molecule has 0 spiro atoms. The Morgan fingerprint density at radius 3 is 2.31 bits per heavy atom. The molecular weight excluding hydrogens is 406 g/mol. The number of aromatic nitrogens is 2. The summed E-state index contributed by atoms with van der Waals surface area (Å²) in [6.07, 6.45) is 5.07. The van der Waals surface area contributed by atoms with E-state index in [1.54, 1.807) is 20.8 Å². The number of nitrogens with one attached hydrogen (secondary N) is 1. The smallest absolute Gasteiger partial charge is 0.309 e. The summed E-state index contributed by atoms with van der Waals surface area (Å²) in [5.74, 6) is -1.46. The summed E-state index contributed by atoms with van der Waals surface area (Å²) in [5, 5.41) is 2.78. The van der Waals surface area contributed by atoms with Gasteiger partial charge in [-0.1, -0.05) is 44.2 Å². The van der Waals surface area contributed by atoms with Gasteiger partial charge in [-0.3, -0.25) is 19.4 Å². The number of hydrogen-bond donors (Lipinski definition) is 1. The minimum absolute atomic E-state index is 0.00859. The summed E-state index contributed by atoms with van der Waals surface area (Å²) in [6.45, 7) is 9.41. The number of benzene rings is 1. The third-order valence-corrected chi connectivity index (χ3v) is 4.72. The number of carbonyl (C=O) groups is 3. The molecule has 0 bridgehead atoms. The Bertz CT molecular complexity index is 892. The van der Waals surface area contributed by atoms with Gasteiger partial charge in [0.1, 0.15) is 11.3 Å². The molecule has 2 rings (SSSR count). The van der Waals surface area contributed by atoms with Crippen LogP contribution in [0.4, 0.5) is 0 Å². The zero-order valence-electron chi connectivity index (χ0n) is 19.5. The largest absolute Gasteiger partial charge is 0.460 e. The first-order valence-corrected chi connectivity index (χ1v) is 10.9. The maximum atomic E-state index is 13.3. The van der Waals surface area contributed by atoms with Crippen LogP contribution in [0.25, 0.3) is 0 Å². The van der Waals surface area contributed by atoms with E-state index in [2.05, 4.69) is 15.3 Å². The van der Waals surface area contributed by atoms with Crippen molar-refractivity contribution in [1.29, 1.82) is 0 Å². The average molecular weight is 440 g/mol. The van der Waals surface area contributed by atoms with Crippen molar-refractivity contribution in [2.24, 2.45) is 11.8 Å². The van der Waals surface area contributed by atoms with Crippen molar-refractivity contribution >= 4 is 17.7 Å². The van der Waals surface area contributed by atoms with E-state index in [0.29, 0.717) is 12.8 Å². The van der Waals surface area contributed by atoms with Gasteiger partial charge >= 0.3 is 5.97 Å². The normalized spacial score (nSPS) is 13.3. The van der Waals surface area contributed by atoms with Crippen LogP contribution in [0.5, 0.6) is 0 Å². The highest BCUT2D eigenvalue weighted by Crippen LogP contribution is 2.22. The van der Waals surface area contributed by atoms with E-state index in [1.807, 2.05) is 44.2 Å². The molecule has 1 amide bonds. The molecule has 1 N–H and O–H groups in total. The van der Waals surface area contributed by atoms with Gasteiger partial charge in [0, 0.05) is 18.8 Å². The monoisotopic (exact) mass is 439 g/mol. The van der Waals surface area contributed by atoms with Gasteiger partial charge in [-0.25, -0.2) is 4.98 Å². The standard InChI is InChI=1S/C25H33N3O4/c1-17(2)13-19(24(31)32-25(3,4)5)15-22(29)20(14-18-9-7-6-8-10-18)28-23(30)21-16-26-11-12-27-21/h6-12,16-17,19-20H,13-15H2,1-5H3,(H,28,30)/t19-,20+/m1/s1. The van der Waals surface area contributed by atoms with Crippen molar-refractivity contribution in [3.8, 4) is 0 Å². The van der Waals surface area contributed by atoms with E-state index in [1.165, 1.54) is 18.6 Å². The lowest BCUT2D eigenvalue weighted by atomic mass is 9.89. The lowest BCUT2D eigenvalue weighted by molar-refractivity contribution is -0.161. The second kappa shape index (κ2) is 11.5. The Kier molecular flexibility index (Phi) is 9.05. The van der Waals surface area contributed by atoms with Crippen LogP contribution in [0.3, 0.4) is 0 Å². The highest BCUT2D eigenvalue weighted by molar-refractivity contribution is 5.97. The highest BCUT2D eigenvalue weighted by atomic mass is 16.6. The Morgan fingerprint density at radius 1 is 1.06 bits per heavy atom. The molecule has 0 saturated carbocycles. The minimum atomic E-state index is -0.802. The number of esters is 1. The summed E-state index contributed by atoms with van der Waals surface area (Å²) in [6, 6.07) is 8.64. The summed E-state index contributed by atoms with van der Waals surface area (Å²) in [4.78, 5) is 46.7. The maximum Gasteiger partial charge on any atom is 0.309 e. The molecule has 2 aromatic rings. The number of ether oxygens (including phenoxy) is 1. The van der Waals surface area contributed by atoms with E-state index in [0.717, 1.165) is 5.56 Å². The highest BCUT2D eigenvalue weighted by Gasteiger charge is 2.31. The zero-order chi connectivity index (χ0) is 23.7. The fraction of sp³-hybridized carbons (Fsp3) is 0.480. The summed E-state index contributed by atoms with van der Waals surface area (Å²) < 4.78 is 5.55. The molecule has 1 heterocycles. The van der Waals surface area contributed by atoms with Gasteiger partial charge in [0.15, 0.2) is 5.78 Å². The average Bonchev–Trinajstić information content (AvgIpc) is 2.72. The van der Waals surface area contributed by atoms with Crippen LogP contribution in [0, 0.1) is 11.8 Å². The topological polar surface area (TPSA) is 98.3 Å². The summed E-state index contributed by atoms with van der Waals surface area (Å²) in [7, 11) is 0. The van der Waals surface area contributed by atoms with E-state index in [9.17, 15) is 14.4 Å². The van der Waals surface area contributed by atoms with Gasteiger partial charge in [0.25, 0.3) is 5.91 Å². The lowest BCUT2D eigenvalue weighted by Gasteiger charge is -2.26. The maximum absolute atomic E-state index is 13.3. The quantitative estimate of drug-likeness (QED) is 0.566. The van der Waals surface area contributed by atoms with Crippen LogP contribution in [0.2, 0.25) is 0 Å². The molecular formula is C25H33N3O4. The van der Waals surface area contributed by atoms with Crippen molar-refractivity contribution in [2.75, 3.05) is 0 Å². The molecule has 0 aliphatic heterocycles. The second-order valence-electron chi connectivity index (χ2n) is 9.34. The van der Waals surface area contributed by atoms with Crippen LogP contribution < -0.4 is 5.32 Å². The summed E-state index contributed by atoms with van der Waals surface area (Å²) >= 11 is 0. The number of carbonyl (C=O) groups excluding carboxylic acids is 3. The Labute approximate surface area is 190 Å². The number of rotatable bonds is 10. The predicted molar refractivity (Wildman–Crippen MR) is 122 cm³/mol. The molecule has 7 heteroatoms. The van der Waals surface area contributed by atoms with Crippen LogP contribution in [-0.2, 0) is 20.7 Å². The molecule has 0 fully saturated rings. The first-order chi connectivity index (χ1) is 15.0. The van der Waals surface area contributed by atoms with Crippen LogP contribution in [0.1, 0.15) is 63.5 Å². The van der Waals surface area contributed by atoms with Gasteiger partial charge in [0.2, 0.25) is 0 Å². The van der Waals surface area contributed by atoms with E-state index in [-0.39, 0.29) is 23.8 Å². The number of Topliss-reactive ketones (excluding diaryl/α,β-unsaturated/α-hetero) is 1. The SMILES string of the molecule is CC(C)C[C@H](CC(=O)[C@H](Cc1ccccc1)NC(=O)c1cnccn1)C(=O)OC(C)(C)C.